The Kier molecular flexibility index (Phi) is 4.97. The first-order valence-electron chi connectivity index (χ1n) is 8.87. The van der Waals surface area contributed by atoms with E-state index in [4.69, 9.17) is 5.14 Å². The van der Waals surface area contributed by atoms with E-state index in [0.717, 1.165) is 0 Å². The first-order chi connectivity index (χ1) is 14.7. The Balaban J connectivity index is 1.87. The lowest BCUT2D eigenvalue weighted by Crippen LogP contribution is -2.12. The van der Waals surface area contributed by atoms with Gasteiger partial charge in [0.15, 0.2) is 11.6 Å². The monoisotopic (exact) mass is 437 g/mol. The van der Waals surface area contributed by atoms with E-state index in [1.54, 1.807) is 18.2 Å². The van der Waals surface area contributed by atoms with Crippen LogP contribution in [-0.4, -0.2) is 33.2 Å². The normalized spacial score (nSPS) is 11.4. The van der Waals surface area contributed by atoms with Crippen molar-refractivity contribution in [2.45, 2.75) is 4.90 Å². The summed E-state index contributed by atoms with van der Waals surface area (Å²) in [7, 11) is -3.86. The second kappa shape index (κ2) is 7.63. The van der Waals surface area contributed by atoms with Crippen molar-refractivity contribution < 1.29 is 18.4 Å². The van der Waals surface area contributed by atoms with Gasteiger partial charge in [-0.3, -0.25) is 10.1 Å². The Bertz CT molecular complexity index is 1380. The molecule has 0 radical (unpaired) electrons. The number of sulfonamides is 1. The maximum Gasteiger partial charge on any atom is 0.269 e. The van der Waals surface area contributed by atoms with Crippen LogP contribution in [0.15, 0.2) is 77.7 Å². The number of phenols is 1. The molecule has 0 spiro atoms. The lowest BCUT2D eigenvalue weighted by molar-refractivity contribution is -0.384. The number of aromatic hydroxyl groups is 1. The molecule has 156 valence electrons. The van der Waals surface area contributed by atoms with Gasteiger partial charge in [0.25, 0.3) is 5.69 Å². The van der Waals surface area contributed by atoms with Crippen molar-refractivity contribution in [2.75, 3.05) is 0 Å². The van der Waals surface area contributed by atoms with E-state index in [9.17, 15) is 23.6 Å². The van der Waals surface area contributed by atoms with Gasteiger partial charge in [0.2, 0.25) is 10.0 Å². The van der Waals surface area contributed by atoms with Gasteiger partial charge in [-0.1, -0.05) is 12.1 Å². The number of hydrogen-bond donors (Lipinski definition) is 2. The summed E-state index contributed by atoms with van der Waals surface area (Å²) in [6.07, 6.45) is 0. The predicted octanol–water partition coefficient (Wildman–Crippen LogP) is 2.86. The Morgan fingerprint density at radius 3 is 2.19 bits per heavy atom. The minimum absolute atomic E-state index is 0.0208. The summed E-state index contributed by atoms with van der Waals surface area (Å²) in [4.78, 5) is 14.9. The highest BCUT2D eigenvalue weighted by molar-refractivity contribution is 7.89. The third kappa shape index (κ3) is 3.99. The maximum absolute atomic E-state index is 11.5. The van der Waals surface area contributed by atoms with Gasteiger partial charge < -0.3 is 5.11 Å². The molecule has 0 unspecified atom stereocenters. The molecule has 0 saturated carbocycles. The average Bonchev–Trinajstić information content (AvgIpc) is 3.19. The van der Waals surface area contributed by atoms with Crippen molar-refractivity contribution in [3.63, 3.8) is 0 Å². The van der Waals surface area contributed by atoms with Gasteiger partial charge in [0.05, 0.1) is 21.1 Å². The molecule has 31 heavy (non-hydrogen) atoms. The number of aromatic nitrogens is 3. The van der Waals surface area contributed by atoms with Gasteiger partial charge in [-0.25, -0.2) is 23.2 Å². The van der Waals surface area contributed by atoms with E-state index >= 15 is 0 Å². The van der Waals surface area contributed by atoms with Crippen LogP contribution < -0.4 is 5.14 Å². The molecule has 10 nitrogen and oxygen atoms in total. The topological polar surface area (TPSA) is 154 Å². The van der Waals surface area contributed by atoms with Gasteiger partial charge in [0.1, 0.15) is 5.75 Å². The van der Waals surface area contributed by atoms with Gasteiger partial charge in [-0.2, -0.15) is 0 Å². The van der Waals surface area contributed by atoms with Crippen LogP contribution >= 0.6 is 0 Å². The van der Waals surface area contributed by atoms with Crippen LogP contribution in [0, 0.1) is 10.1 Å². The van der Waals surface area contributed by atoms with Crippen LogP contribution in [0.2, 0.25) is 0 Å². The molecule has 0 aliphatic rings. The molecular weight excluding hydrogens is 422 g/mol. The first-order valence-corrected chi connectivity index (χ1v) is 10.4. The van der Waals surface area contributed by atoms with Crippen LogP contribution in [0.5, 0.6) is 5.75 Å². The Morgan fingerprint density at radius 1 is 0.968 bits per heavy atom. The second-order valence-electron chi connectivity index (χ2n) is 6.53. The largest absolute Gasteiger partial charge is 0.507 e. The number of non-ortho nitro benzene ring substituents is 1. The fraction of sp³-hybridized carbons (Fsp3) is 0. The molecule has 0 fully saturated rings. The predicted molar refractivity (Wildman–Crippen MR) is 112 cm³/mol. The van der Waals surface area contributed by atoms with E-state index in [1.807, 2.05) is 0 Å². The number of benzene rings is 3. The van der Waals surface area contributed by atoms with E-state index in [0.29, 0.717) is 22.6 Å². The Morgan fingerprint density at radius 2 is 1.61 bits per heavy atom. The molecule has 0 aliphatic heterocycles. The van der Waals surface area contributed by atoms with E-state index in [2.05, 4.69) is 10.1 Å². The van der Waals surface area contributed by atoms with Crippen molar-refractivity contribution in [3.05, 3.63) is 82.9 Å². The second-order valence-corrected chi connectivity index (χ2v) is 8.09. The van der Waals surface area contributed by atoms with E-state index in [1.165, 1.54) is 59.3 Å². The molecule has 0 aliphatic carbocycles. The molecule has 4 aromatic rings. The van der Waals surface area contributed by atoms with Gasteiger partial charge in [0, 0.05) is 17.7 Å². The van der Waals surface area contributed by atoms with Crippen LogP contribution in [0.1, 0.15) is 0 Å². The number of hydrogen-bond acceptors (Lipinski definition) is 7. The average molecular weight is 437 g/mol. The van der Waals surface area contributed by atoms with Crippen LogP contribution in [0.3, 0.4) is 0 Å². The molecule has 0 atom stereocenters. The highest BCUT2D eigenvalue weighted by Crippen LogP contribution is 2.31. The number of nitro groups is 1. The molecule has 1 heterocycles. The van der Waals surface area contributed by atoms with Crippen LogP contribution in [0.4, 0.5) is 5.69 Å². The number of primary sulfonamides is 1. The summed E-state index contributed by atoms with van der Waals surface area (Å²) in [5.74, 6) is 0.547. The summed E-state index contributed by atoms with van der Waals surface area (Å²) < 4.78 is 24.5. The summed E-state index contributed by atoms with van der Waals surface area (Å²) in [5.41, 5.74) is 1.34. The SMILES string of the molecule is NS(=O)(=O)c1ccc(-n2nc(-c3ccc([N+](=O)[O-])cc3)nc2-c2ccccc2O)cc1. The highest BCUT2D eigenvalue weighted by atomic mass is 32.2. The minimum atomic E-state index is -3.86. The maximum atomic E-state index is 11.5. The molecule has 11 heteroatoms. The van der Waals surface area contributed by atoms with Gasteiger partial charge >= 0.3 is 0 Å². The van der Waals surface area contributed by atoms with E-state index < -0.39 is 14.9 Å². The molecule has 0 amide bonds. The fourth-order valence-electron chi connectivity index (χ4n) is 2.96. The third-order valence-electron chi connectivity index (χ3n) is 4.50. The van der Waals surface area contributed by atoms with Crippen molar-refractivity contribution >= 4 is 15.7 Å². The smallest absolute Gasteiger partial charge is 0.269 e. The zero-order valence-corrected chi connectivity index (χ0v) is 16.6. The summed E-state index contributed by atoms with van der Waals surface area (Å²) in [5, 5.41) is 30.8. The number of phenolic OH excluding ortho intramolecular Hbond substituents is 1. The Hall–Kier alpha value is -4.09. The molecule has 1 aromatic heterocycles. The number of nitro benzene ring substituents is 1. The van der Waals surface area contributed by atoms with Gasteiger partial charge in [-0.15, -0.1) is 5.10 Å². The summed E-state index contributed by atoms with van der Waals surface area (Å²) >= 11 is 0. The fourth-order valence-corrected chi connectivity index (χ4v) is 3.48. The lowest BCUT2D eigenvalue weighted by Gasteiger charge is -2.08. The first kappa shape index (κ1) is 20.2. The number of rotatable bonds is 5. The lowest BCUT2D eigenvalue weighted by atomic mass is 10.1. The van der Waals surface area contributed by atoms with Crippen molar-refractivity contribution in [1.82, 2.24) is 14.8 Å². The molecule has 3 N–H and O–H groups in total. The van der Waals surface area contributed by atoms with Crippen molar-refractivity contribution in [3.8, 4) is 34.2 Å². The number of nitrogens with two attached hydrogens (primary N) is 1. The van der Waals surface area contributed by atoms with Crippen LogP contribution in [0.25, 0.3) is 28.5 Å². The van der Waals surface area contributed by atoms with Crippen molar-refractivity contribution in [2.24, 2.45) is 5.14 Å². The zero-order chi connectivity index (χ0) is 22.2. The molecule has 4 rings (SSSR count). The van der Waals surface area contributed by atoms with Crippen LogP contribution in [-0.2, 0) is 10.0 Å². The summed E-state index contributed by atoms with van der Waals surface area (Å²) in [6, 6.07) is 18.0. The standard InChI is InChI=1S/C20H15N5O5S/c21-31(29,30)16-11-9-14(10-12-16)24-20(17-3-1-2-4-18(17)26)22-19(23-24)13-5-7-15(8-6-13)25(27)28/h1-12,26H,(H2,21,29,30). The molecular formula is C20H15N5O5S. The molecule has 0 saturated heterocycles. The minimum Gasteiger partial charge on any atom is -0.507 e. The Labute approximate surface area is 176 Å². The third-order valence-corrected chi connectivity index (χ3v) is 5.43. The highest BCUT2D eigenvalue weighted by Gasteiger charge is 2.18. The van der Waals surface area contributed by atoms with Gasteiger partial charge in [-0.05, 0) is 48.5 Å². The van der Waals surface area contributed by atoms with E-state index in [-0.39, 0.29) is 22.2 Å². The molecule has 3 aromatic carbocycles. The number of nitrogens with zero attached hydrogens (tertiary/aromatic N) is 4. The molecule has 0 bridgehead atoms. The van der Waals surface area contributed by atoms with Crippen molar-refractivity contribution in [1.29, 1.82) is 0 Å². The number of para-hydroxylation sites is 1. The zero-order valence-electron chi connectivity index (χ0n) is 15.8. The quantitative estimate of drug-likeness (QED) is 0.359. The summed E-state index contributed by atoms with van der Waals surface area (Å²) in [6.45, 7) is 0.